The smallest absolute Gasteiger partial charge is 0.118 e. The minimum absolute atomic E-state index is 0.0777. The van der Waals surface area contributed by atoms with E-state index in [2.05, 4.69) is 10.2 Å². The molecule has 0 bridgehead atoms. The highest BCUT2D eigenvalue weighted by molar-refractivity contribution is 7.80. The summed E-state index contributed by atoms with van der Waals surface area (Å²) in [5, 5.41) is 14.2. The fourth-order valence-corrected chi connectivity index (χ4v) is 2.99. The summed E-state index contributed by atoms with van der Waals surface area (Å²) in [6.07, 6.45) is -0.963. The number of hydrogen-bond acceptors (Lipinski definition) is 5. The van der Waals surface area contributed by atoms with Gasteiger partial charge in [0.2, 0.25) is 0 Å². The van der Waals surface area contributed by atoms with E-state index in [-0.39, 0.29) is 10.9 Å². The number of para-hydroxylation sites is 1. The van der Waals surface area contributed by atoms with Crippen molar-refractivity contribution >= 4 is 22.9 Å². The van der Waals surface area contributed by atoms with Gasteiger partial charge in [0, 0.05) is 24.7 Å². The van der Waals surface area contributed by atoms with Gasteiger partial charge in [-0.2, -0.15) is 0 Å². The fraction of sp³-hybridized carbons (Fsp3) is 0.350. The molecule has 0 radical (unpaired) electrons. The number of benzene rings is 2. The average Bonchev–Trinajstić information content (AvgIpc) is 2.63. The van der Waals surface area contributed by atoms with Crippen LogP contribution in [-0.2, 0) is 0 Å². The molecule has 0 fully saturated rings. The van der Waals surface area contributed by atoms with Gasteiger partial charge in [0.25, 0.3) is 0 Å². The standard InChI is InChI=1S/C20H27N3O2S/c1-23(2)13-12-22-17-7-5-4-6-16(17)18(19(24)20(21)26)14-8-10-15(25-3)11-9-14/h4-11,18-19,22,24H,12-13H2,1-3H3,(H2,21,26). The van der Waals surface area contributed by atoms with Crippen molar-refractivity contribution in [2.24, 2.45) is 5.73 Å². The van der Waals surface area contributed by atoms with Crippen LogP contribution in [0.3, 0.4) is 0 Å². The summed E-state index contributed by atoms with van der Waals surface area (Å²) in [5.74, 6) is 0.399. The van der Waals surface area contributed by atoms with Gasteiger partial charge in [-0.1, -0.05) is 42.5 Å². The second kappa shape index (κ2) is 9.52. The Morgan fingerprint density at radius 2 is 1.85 bits per heavy atom. The first kappa shape index (κ1) is 20.2. The molecule has 0 saturated heterocycles. The molecule has 6 heteroatoms. The molecule has 2 unspecified atom stereocenters. The van der Waals surface area contributed by atoms with E-state index in [0.29, 0.717) is 0 Å². The van der Waals surface area contributed by atoms with Gasteiger partial charge in [0.1, 0.15) is 16.8 Å². The minimum Gasteiger partial charge on any atom is -0.497 e. The predicted molar refractivity (Wildman–Crippen MR) is 111 cm³/mol. The van der Waals surface area contributed by atoms with Crippen molar-refractivity contribution in [3.8, 4) is 5.75 Å². The molecule has 0 aromatic heterocycles. The third-order valence-electron chi connectivity index (χ3n) is 4.25. The van der Waals surface area contributed by atoms with Crippen molar-refractivity contribution in [2.75, 3.05) is 39.6 Å². The van der Waals surface area contributed by atoms with Crippen LogP contribution in [0.15, 0.2) is 48.5 Å². The Kier molecular flexibility index (Phi) is 7.38. The maximum atomic E-state index is 10.7. The first-order valence-corrected chi connectivity index (χ1v) is 8.93. The predicted octanol–water partition coefficient (Wildman–Crippen LogP) is 2.45. The number of likely N-dealkylation sites (N-methyl/N-ethyl adjacent to an activating group) is 1. The summed E-state index contributed by atoms with van der Waals surface area (Å²) in [5.41, 5.74) is 8.63. The van der Waals surface area contributed by atoms with Crippen LogP contribution in [0.4, 0.5) is 5.69 Å². The van der Waals surface area contributed by atoms with Crippen molar-refractivity contribution in [1.29, 1.82) is 0 Å². The second-order valence-electron chi connectivity index (χ2n) is 6.42. The number of aliphatic hydroxyl groups excluding tert-OH is 1. The highest BCUT2D eigenvalue weighted by atomic mass is 32.1. The van der Waals surface area contributed by atoms with Crippen LogP contribution in [0.5, 0.6) is 5.75 Å². The number of thiocarbonyl (C=S) groups is 1. The number of hydrogen-bond donors (Lipinski definition) is 3. The van der Waals surface area contributed by atoms with Gasteiger partial charge >= 0.3 is 0 Å². The minimum atomic E-state index is -0.963. The molecular weight excluding hydrogens is 346 g/mol. The molecule has 2 aromatic carbocycles. The molecule has 2 rings (SSSR count). The molecule has 0 heterocycles. The van der Waals surface area contributed by atoms with Crippen molar-refractivity contribution in [1.82, 2.24) is 4.90 Å². The zero-order chi connectivity index (χ0) is 19.1. The fourth-order valence-electron chi connectivity index (χ4n) is 2.85. The topological polar surface area (TPSA) is 70.8 Å². The van der Waals surface area contributed by atoms with E-state index >= 15 is 0 Å². The molecule has 0 aliphatic rings. The lowest BCUT2D eigenvalue weighted by Crippen LogP contribution is -2.33. The third kappa shape index (κ3) is 5.17. The van der Waals surface area contributed by atoms with Crippen LogP contribution < -0.4 is 15.8 Å². The molecule has 0 amide bonds. The summed E-state index contributed by atoms with van der Waals surface area (Å²) >= 11 is 5.08. The van der Waals surface area contributed by atoms with Crippen LogP contribution in [0.25, 0.3) is 0 Å². The normalized spacial score (nSPS) is 13.3. The monoisotopic (exact) mass is 373 g/mol. The van der Waals surface area contributed by atoms with Crippen LogP contribution in [-0.4, -0.2) is 55.4 Å². The summed E-state index contributed by atoms with van der Waals surface area (Å²) in [6.45, 7) is 1.70. The molecule has 0 spiro atoms. The first-order chi connectivity index (χ1) is 12.4. The number of anilines is 1. The molecule has 2 atom stereocenters. The zero-order valence-electron chi connectivity index (χ0n) is 15.5. The molecule has 4 N–H and O–H groups in total. The Morgan fingerprint density at radius 3 is 2.42 bits per heavy atom. The van der Waals surface area contributed by atoms with Crippen LogP contribution in [0.1, 0.15) is 17.0 Å². The maximum absolute atomic E-state index is 10.7. The molecule has 26 heavy (non-hydrogen) atoms. The van der Waals surface area contributed by atoms with E-state index in [1.807, 2.05) is 62.6 Å². The molecule has 0 saturated carbocycles. The van der Waals surface area contributed by atoms with Gasteiger partial charge in [-0.15, -0.1) is 0 Å². The van der Waals surface area contributed by atoms with Crippen molar-refractivity contribution in [3.63, 3.8) is 0 Å². The van der Waals surface area contributed by atoms with E-state index in [0.717, 1.165) is 35.7 Å². The number of ether oxygens (including phenoxy) is 1. The van der Waals surface area contributed by atoms with Gasteiger partial charge in [-0.05, 0) is 43.4 Å². The highest BCUT2D eigenvalue weighted by Gasteiger charge is 2.27. The Balaban J connectivity index is 2.40. The largest absolute Gasteiger partial charge is 0.497 e. The molecule has 5 nitrogen and oxygen atoms in total. The lowest BCUT2D eigenvalue weighted by molar-refractivity contribution is 0.224. The number of nitrogens with one attached hydrogen (secondary N) is 1. The van der Waals surface area contributed by atoms with E-state index in [1.165, 1.54) is 0 Å². The lowest BCUT2D eigenvalue weighted by atomic mass is 9.85. The summed E-state index contributed by atoms with van der Waals surface area (Å²) in [4.78, 5) is 2.19. The quantitative estimate of drug-likeness (QED) is 0.587. The number of methoxy groups -OCH3 is 1. The van der Waals surface area contributed by atoms with Gasteiger partial charge < -0.3 is 25.8 Å². The summed E-state index contributed by atoms with van der Waals surface area (Å²) in [6, 6.07) is 15.5. The first-order valence-electron chi connectivity index (χ1n) is 8.53. The SMILES string of the molecule is COc1ccc(C(c2ccccc2NCCN(C)C)C(O)C(N)=S)cc1. The van der Waals surface area contributed by atoms with E-state index in [9.17, 15) is 5.11 Å². The Bertz CT molecular complexity index is 719. The number of nitrogens with zero attached hydrogens (tertiary/aromatic N) is 1. The number of rotatable bonds is 9. The molecule has 0 aliphatic carbocycles. The van der Waals surface area contributed by atoms with Gasteiger partial charge in [-0.3, -0.25) is 0 Å². The van der Waals surface area contributed by atoms with E-state index in [4.69, 9.17) is 22.7 Å². The van der Waals surface area contributed by atoms with Crippen molar-refractivity contribution < 1.29 is 9.84 Å². The number of nitrogens with two attached hydrogens (primary N) is 1. The molecular formula is C20H27N3O2S. The highest BCUT2D eigenvalue weighted by Crippen LogP contribution is 2.34. The number of aliphatic hydroxyl groups is 1. The molecule has 0 aliphatic heterocycles. The van der Waals surface area contributed by atoms with Crippen molar-refractivity contribution in [2.45, 2.75) is 12.0 Å². The summed E-state index contributed by atoms with van der Waals surface area (Å²) in [7, 11) is 5.69. The Morgan fingerprint density at radius 1 is 1.19 bits per heavy atom. The molecule has 2 aromatic rings. The molecule has 140 valence electrons. The second-order valence-corrected chi connectivity index (χ2v) is 6.89. The third-order valence-corrected chi connectivity index (χ3v) is 4.49. The van der Waals surface area contributed by atoms with Crippen LogP contribution in [0.2, 0.25) is 0 Å². The Labute approximate surface area is 160 Å². The van der Waals surface area contributed by atoms with E-state index < -0.39 is 6.10 Å². The van der Waals surface area contributed by atoms with Crippen LogP contribution >= 0.6 is 12.2 Å². The summed E-state index contributed by atoms with van der Waals surface area (Å²) < 4.78 is 5.23. The van der Waals surface area contributed by atoms with Gasteiger partial charge in [0.05, 0.1) is 7.11 Å². The average molecular weight is 374 g/mol. The van der Waals surface area contributed by atoms with Crippen LogP contribution in [0, 0.1) is 0 Å². The maximum Gasteiger partial charge on any atom is 0.118 e. The van der Waals surface area contributed by atoms with Gasteiger partial charge in [-0.25, -0.2) is 0 Å². The lowest BCUT2D eigenvalue weighted by Gasteiger charge is -2.26. The van der Waals surface area contributed by atoms with E-state index in [1.54, 1.807) is 7.11 Å². The Hall–Kier alpha value is -2.15. The zero-order valence-corrected chi connectivity index (χ0v) is 16.3. The van der Waals surface area contributed by atoms with Crippen molar-refractivity contribution in [3.05, 3.63) is 59.7 Å². The van der Waals surface area contributed by atoms with Gasteiger partial charge in [0.15, 0.2) is 0 Å².